The fourth-order valence-electron chi connectivity index (χ4n) is 2.65. The van der Waals surface area contributed by atoms with Crippen molar-refractivity contribution in [2.45, 2.75) is 38.8 Å². The van der Waals surface area contributed by atoms with E-state index in [9.17, 15) is 4.79 Å². The summed E-state index contributed by atoms with van der Waals surface area (Å²) >= 11 is 0. The second-order valence-corrected chi connectivity index (χ2v) is 7.20. The average molecular weight is 340 g/mol. The summed E-state index contributed by atoms with van der Waals surface area (Å²) in [6, 6.07) is 12.1. The van der Waals surface area contributed by atoms with E-state index in [4.69, 9.17) is 9.47 Å². The van der Waals surface area contributed by atoms with Gasteiger partial charge in [0.2, 0.25) is 0 Å². The van der Waals surface area contributed by atoms with Gasteiger partial charge in [-0.15, -0.1) is 0 Å². The van der Waals surface area contributed by atoms with Crippen LogP contribution in [0.3, 0.4) is 0 Å². The number of likely N-dealkylation sites (tertiary alicyclic amines) is 1. The molecule has 0 radical (unpaired) electrons. The number of pyridine rings is 1. The largest absolute Gasteiger partial charge is 0.490 e. The van der Waals surface area contributed by atoms with Crippen LogP contribution < -0.4 is 4.74 Å². The van der Waals surface area contributed by atoms with Crippen LogP contribution >= 0.6 is 0 Å². The third-order valence-electron chi connectivity index (χ3n) is 4.03. The number of hydrogen-bond acceptors (Lipinski definition) is 4. The molecule has 1 saturated heterocycles. The van der Waals surface area contributed by atoms with Gasteiger partial charge < -0.3 is 14.4 Å². The number of ether oxygens (including phenoxy) is 2. The van der Waals surface area contributed by atoms with Crippen LogP contribution in [0.2, 0.25) is 0 Å². The summed E-state index contributed by atoms with van der Waals surface area (Å²) in [6.07, 6.45) is 4.16. The average Bonchev–Trinajstić information content (AvgIpc) is 2.53. The van der Waals surface area contributed by atoms with Crippen LogP contribution in [-0.2, 0) is 4.74 Å². The Morgan fingerprint density at radius 2 is 1.96 bits per heavy atom. The van der Waals surface area contributed by atoms with E-state index in [0.29, 0.717) is 18.9 Å². The molecular formula is C20H24N2O3. The van der Waals surface area contributed by atoms with E-state index in [1.807, 2.05) is 63.4 Å². The number of amides is 1. The van der Waals surface area contributed by atoms with Gasteiger partial charge >= 0.3 is 6.09 Å². The summed E-state index contributed by atoms with van der Waals surface area (Å²) in [4.78, 5) is 18.1. The minimum Gasteiger partial charge on any atom is -0.490 e. The molecule has 1 amide bonds. The quantitative estimate of drug-likeness (QED) is 0.839. The lowest BCUT2D eigenvalue weighted by Gasteiger charge is -2.40. The highest BCUT2D eigenvalue weighted by atomic mass is 16.6. The molecule has 0 bridgehead atoms. The third-order valence-corrected chi connectivity index (χ3v) is 4.03. The van der Waals surface area contributed by atoms with Crippen molar-refractivity contribution in [3.05, 3.63) is 48.8 Å². The predicted molar refractivity (Wildman–Crippen MR) is 96.5 cm³/mol. The minimum atomic E-state index is -0.480. The Balaban J connectivity index is 1.58. The Kier molecular flexibility index (Phi) is 4.93. The first-order chi connectivity index (χ1) is 11.9. The van der Waals surface area contributed by atoms with Gasteiger partial charge in [-0.3, -0.25) is 4.98 Å². The maximum Gasteiger partial charge on any atom is 0.410 e. The summed E-state index contributed by atoms with van der Waals surface area (Å²) in [5, 5.41) is 0. The number of carbonyl (C=O) groups is 1. The van der Waals surface area contributed by atoms with E-state index in [2.05, 4.69) is 4.98 Å². The van der Waals surface area contributed by atoms with E-state index < -0.39 is 5.60 Å². The molecule has 1 fully saturated rings. The van der Waals surface area contributed by atoms with Crippen molar-refractivity contribution in [1.82, 2.24) is 9.88 Å². The highest BCUT2D eigenvalue weighted by molar-refractivity contribution is 5.69. The lowest BCUT2D eigenvalue weighted by atomic mass is 10.1. The van der Waals surface area contributed by atoms with Crippen LogP contribution in [0.25, 0.3) is 11.1 Å². The summed E-state index contributed by atoms with van der Waals surface area (Å²) in [7, 11) is 0. The monoisotopic (exact) mass is 340 g/mol. The molecule has 1 aromatic carbocycles. The maximum absolute atomic E-state index is 12.1. The Morgan fingerprint density at radius 1 is 1.20 bits per heavy atom. The molecular weight excluding hydrogens is 316 g/mol. The lowest BCUT2D eigenvalue weighted by Crippen LogP contribution is -2.55. The summed E-state index contributed by atoms with van der Waals surface area (Å²) < 4.78 is 11.3. The molecule has 1 aliphatic rings. The van der Waals surface area contributed by atoms with Crippen LogP contribution in [-0.4, -0.2) is 40.8 Å². The van der Waals surface area contributed by atoms with Gasteiger partial charge in [0.1, 0.15) is 18.0 Å². The molecule has 0 aliphatic carbocycles. The molecule has 0 N–H and O–H groups in total. The number of nitrogens with zero attached hydrogens (tertiary/aromatic N) is 2. The molecule has 0 unspecified atom stereocenters. The first kappa shape index (κ1) is 17.3. The SMILES string of the molecule is CC(C)(C)OC(=O)N1CC[C@H]1COc1cncc(-c2ccccc2)c1. The molecule has 0 saturated carbocycles. The molecule has 2 aromatic rings. The molecule has 3 rings (SSSR count). The van der Waals surface area contributed by atoms with Gasteiger partial charge in [0, 0.05) is 18.3 Å². The Labute approximate surface area is 148 Å². The van der Waals surface area contributed by atoms with Crippen LogP contribution in [0.4, 0.5) is 4.79 Å². The molecule has 25 heavy (non-hydrogen) atoms. The van der Waals surface area contributed by atoms with Crippen LogP contribution in [0.1, 0.15) is 27.2 Å². The zero-order valence-corrected chi connectivity index (χ0v) is 14.9. The van der Waals surface area contributed by atoms with Gasteiger partial charge in [-0.25, -0.2) is 4.79 Å². The smallest absolute Gasteiger partial charge is 0.410 e. The fraction of sp³-hybridized carbons (Fsp3) is 0.400. The number of carbonyl (C=O) groups excluding carboxylic acids is 1. The van der Waals surface area contributed by atoms with Crippen molar-refractivity contribution < 1.29 is 14.3 Å². The van der Waals surface area contributed by atoms with Gasteiger partial charge in [-0.1, -0.05) is 30.3 Å². The normalized spacial score (nSPS) is 16.9. The first-order valence-corrected chi connectivity index (χ1v) is 8.55. The molecule has 0 spiro atoms. The number of aromatic nitrogens is 1. The second-order valence-electron chi connectivity index (χ2n) is 7.20. The van der Waals surface area contributed by atoms with Gasteiger partial charge in [0.15, 0.2) is 0 Å². The second kappa shape index (κ2) is 7.13. The van der Waals surface area contributed by atoms with E-state index in [-0.39, 0.29) is 12.1 Å². The number of benzene rings is 1. The van der Waals surface area contributed by atoms with Crippen molar-refractivity contribution in [3.63, 3.8) is 0 Å². The zero-order chi connectivity index (χ0) is 17.9. The molecule has 1 atom stereocenters. The molecule has 132 valence electrons. The molecule has 5 heteroatoms. The molecule has 5 nitrogen and oxygen atoms in total. The van der Waals surface area contributed by atoms with Gasteiger partial charge in [0.05, 0.1) is 12.2 Å². The van der Waals surface area contributed by atoms with Gasteiger partial charge in [-0.2, -0.15) is 0 Å². The van der Waals surface area contributed by atoms with E-state index in [1.54, 1.807) is 11.1 Å². The van der Waals surface area contributed by atoms with Crippen molar-refractivity contribution in [2.24, 2.45) is 0 Å². The Bertz CT molecular complexity index is 725. The van der Waals surface area contributed by atoms with Crippen LogP contribution in [0.15, 0.2) is 48.8 Å². The lowest BCUT2D eigenvalue weighted by molar-refractivity contribution is -0.0141. The van der Waals surface area contributed by atoms with Crippen molar-refractivity contribution in [1.29, 1.82) is 0 Å². The van der Waals surface area contributed by atoms with Crippen LogP contribution in [0.5, 0.6) is 5.75 Å². The van der Waals surface area contributed by atoms with Gasteiger partial charge in [0.25, 0.3) is 0 Å². The van der Waals surface area contributed by atoms with E-state index in [0.717, 1.165) is 17.5 Å². The highest BCUT2D eigenvalue weighted by Gasteiger charge is 2.35. The molecule has 2 heterocycles. The zero-order valence-electron chi connectivity index (χ0n) is 14.9. The predicted octanol–water partition coefficient (Wildman–Crippen LogP) is 4.14. The first-order valence-electron chi connectivity index (χ1n) is 8.55. The highest BCUT2D eigenvalue weighted by Crippen LogP contribution is 2.25. The van der Waals surface area contributed by atoms with Crippen molar-refractivity contribution in [2.75, 3.05) is 13.2 Å². The third kappa shape index (κ3) is 4.50. The summed E-state index contributed by atoms with van der Waals surface area (Å²) in [5.41, 5.74) is 1.63. The standard InChI is InChI=1S/C20H24N2O3/c1-20(2,3)25-19(23)22-10-9-17(22)14-24-18-11-16(12-21-13-18)15-7-5-4-6-8-15/h4-8,11-13,17H,9-10,14H2,1-3H3/t17-/m0/s1. The van der Waals surface area contributed by atoms with Crippen molar-refractivity contribution in [3.8, 4) is 16.9 Å². The maximum atomic E-state index is 12.1. The fourth-order valence-corrected chi connectivity index (χ4v) is 2.65. The number of rotatable bonds is 4. The summed E-state index contributed by atoms with van der Waals surface area (Å²) in [5.74, 6) is 0.706. The molecule has 1 aliphatic heterocycles. The van der Waals surface area contributed by atoms with Gasteiger partial charge in [-0.05, 0) is 38.8 Å². The number of hydrogen-bond donors (Lipinski definition) is 0. The Hall–Kier alpha value is -2.56. The van der Waals surface area contributed by atoms with Crippen LogP contribution in [0, 0.1) is 0 Å². The topological polar surface area (TPSA) is 51.7 Å². The molecule has 1 aromatic heterocycles. The van der Waals surface area contributed by atoms with E-state index >= 15 is 0 Å². The van der Waals surface area contributed by atoms with Crippen molar-refractivity contribution >= 4 is 6.09 Å². The Morgan fingerprint density at radius 3 is 2.60 bits per heavy atom. The summed E-state index contributed by atoms with van der Waals surface area (Å²) in [6.45, 7) is 6.77. The minimum absolute atomic E-state index is 0.0511. The van der Waals surface area contributed by atoms with E-state index in [1.165, 1.54) is 0 Å².